The van der Waals surface area contributed by atoms with E-state index < -0.39 is 150 Å². The molecule has 0 fully saturated rings. The van der Waals surface area contributed by atoms with Gasteiger partial charge in [0.05, 0.1) is 11.1 Å². The largest absolute Gasteiger partial charge is 0.505 e. The number of hydrogen-bond donors (Lipinski definition) is 8. The lowest BCUT2D eigenvalue weighted by Crippen LogP contribution is -2.11. The summed E-state index contributed by atoms with van der Waals surface area (Å²) in [5.74, 6) is -8.30. The van der Waals surface area contributed by atoms with E-state index in [1.165, 1.54) is 0 Å². The monoisotopic (exact) mass is 932 g/mol. The van der Waals surface area contributed by atoms with Gasteiger partial charge in [0, 0.05) is 17.8 Å². The molecule has 5 rings (SSSR count). The van der Waals surface area contributed by atoms with Gasteiger partial charge in [0.2, 0.25) is 5.95 Å². The summed E-state index contributed by atoms with van der Waals surface area (Å²) in [7, 11) is -28.3. The molecule has 0 aliphatic heterocycles. The minimum atomic E-state index is -5.95. The highest BCUT2D eigenvalue weighted by atomic mass is 32.2. The fourth-order valence-electron chi connectivity index (χ4n) is 4.93. The number of azo groups is 2. The van der Waals surface area contributed by atoms with E-state index in [0.29, 0.717) is 24.3 Å². The zero-order chi connectivity index (χ0) is 44.4. The fourth-order valence-corrected chi connectivity index (χ4v) is 8.26. The Morgan fingerprint density at radius 3 is 1.64 bits per heavy atom. The zero-order valence-corrected chi connectivity index (χ0v) is 31.7. The molecule has 0 radical (unpaired) electrons. The normalized spacial score (nSPS) is 13.2. The molecule has 0 aliphatic carbocycles. The van der Waals surface area contributed by atoms with Gasteiger partial charge in [0.25, 0.3) is 50.6 Å². The predicted molar refractivity (Wildman–Crippen MR) is 185 cm³/mol. The van der Waals surface area contributed by atoms with Gasteiger partial charge in [-0.3, -0.25) is 22.8 Å². The molecule has 0 saturated carbocycles. The Balaban J connectivity index is 1.79. The van der Waals surface area contributed by atoms with Gasteiger partial charge in [-0.2, -0.15) is 60.8 Å². The Morgan fingerprint density at radius 2 is 1.12 bits per heavy atom. The van der Waals surface area contributed by atoms with Crippen LogP contribution in [0.2, 0.25) is 0 Å². The Hall–Kier alpha value is -5.91. The van der Waals surface area contributed by atoms with E-state index in [-0.39, 0.29) is 11.8 Å². The molecule has 0 spiro atoms. The van der Waals surface area contributed by atoms with E-state index in [0.717, 1.165) is 12.1 Å². The number of nitrogens with two attached hydrogens (primary N) is 1. The van der Waals surface area contributed by atoms with Gasteiger partial charge in [-0.25, -0.2) is 8.78 Å². The molecule has 9 N–H and O–H groups in total. The number of rotatable bonds is 11. The molecule has 24 nitrogen and oxygen atoms in total. The molecule has 0 saturated heterocycles. The molecule has 0 bridgehead atoms. The Kier molecular flexibility index (Phi) is 11.3. The third-order valence-electron chi connectivity index (χ3n) is 7.19. The number of aromatic nitrogens is 2. The number of fused-ring (bicyclic) bond motifs is 1. The average molecular weight is 933 g/mol. The molecule has 0 unspecified atom stereocenters. The maximum atomic E-state index is 14.9. The predicted octanol–water partition coefficient (Wildman–Crippen LogP) is 4.28. The Labute approximate surface area is 325 Å². The van der Waals surface area contributed by atoms with Crippen molar-refractivity contribution in [2.45, 2.75) is 24.5 Å². The van der Waals surface area contributed by atoms with Gasteiger partial charge in [0.15, 0.2) is 21.4 Å². The molecule has 314 valence electrons. The van der Waals surface area contributed by atoms with Crippen LogP contribution in [-0.2, 0) is 50.6 Å². The molecule has 4 aromatic carbocycles. The van der Waals surface area contributed by atoms with Gasteiger partial charge in [-0.05, 0) is 35.7 Å². The van der Waals surface area contributed by atoms with Crippen LogP contribution in [-0.4, -0.2) is 79.9 Å². The smallest absolute Gasteiger partial charge is 0.313 e. The van der Waals surface area contributed by atoms with Gasteiger partial charge in [0.1, 0.15) is 49.1 Å². The number of hydrogen-bond acceptors (Lipinski definition) is 19. The fraction of sp³-hybridized carbons (Fsp3) is 0. The maximum Gasteiger partial charge on any atom is 0.313 e. The van der Waals surface area contributed by atoms with Crippen LogP contribution >= 0.6 is 0 Å². The SMILES string of the molecule is Nc1c(N=Nc2cc(F)c(S(=O)(=O)O)c(F)c2S(=O)(=O)O)c(S(=O)(=O)O)cc2cc(S(=O)(=O)O)c(N=Nc3cc(Nc4cc(F)nc(F)n4)ccc3S(=O)(=O)O)c(O)c12. The van der Waals surface area contributed by atoms with Crippen molar-refractivity contribution < 1.29 is 87.5 Å². The van der Waals surface area contributed by atoms with Crippen molar-refractivity contribution in [1.82, 2.24) is 9.97 Å². The number of anilines is 3. The molecule has 0 aliphatic rings. The number of halogens is 4. The van der Waals surface area contributed by atoms with E-state index in [1.54, 1.807) is 0 Å². The van der Waals surface area contributed by atoms with Crippen molar-refractivity contribution in [3.05, 3.63) is 66.1 Å². The molecule has 5 aromatic rings. The molecule has 59 heavy (non-hydrogen) atoms. The second-order valence-electron chi connectivity index (χ2n) is 11.1. The number of phenols is 1. The first-order chi connectivity index (χ1) is 26.9. The minimum Gasteiger partial charge on any atom is -0.505 e. The van der Waals surface area contributed by atoms with Crippen LogP contribution in [0.3, 0.4) is 0 Å². The highest BCUT2D eigenvalue weighted by Crippen LogP contribution is 2.49. The Bertz CT molecular complexity index is 3280. The zero-order valence-electron chi connectivity index (χ0n) is 27.6. The van der Waals surface area contributed by atoms with E-state index in [2.05, 4.69) is 35.7 Å². The highest BCUT2D eigenvalue weighted by molar-refractivity contribution is 7.87. The third kappa shape index (κ3) is 9.22. The summed E-state index contributed by atoms with van der Waals surface area (Å²) in [6.07, 6.45) is -1.54. The summed E-state index contributed by atoms with van der Waals surface area (Å²) in [4.78, 5) is -2.46. The average Bonchev–Trinajstić information content (AvgIpc) is 3.03. The summed E-state index contributed by atoms with van der Waals surface area (Å²) in [6.45, 7) is 0. The van der Waals surface area contributed by atoms with Crippen molar-refractivity contribution in [3.8, 4) is 5.75 Å². The van der Waals surface area contributed by atoms with Crippen LogP contribution < -0.4 is 11.1 Å². The summed E-state index contributed by atoms with van der Waals surface area (Å²) < 4.78 is 226. The van der Waals surface area contributed by atoms with Crippen molar-refractivity contribution in [1.29, 1.82) is 0 Å². The van der Waals surface area contributed by atoms with Crippen molar-refractivity contribution >= 4 is 101 Å². The maximum absolute atomic E-state index is 14.9. The van der Waals surface area contributed by atoms with E-state index in [9.17, 15) is 83.0 Å². The van der Waals surface area contributed by atoms with Gasteiger partial charge in [-0.15, -0.1) is 20.5 Å². The Morgan fingerprint density at radius 1 is 0.593 bits per heavy atom. The van der Waals surface area contributed by atoms with Crippen molar-refractivity contribution in [3.63, 3.8) is 0 Å². The van der Waals surface area contributed by atoms with E-state index >= 15 is 0 Å². The first-order valence-corrected chi connectivity index (χ1v) is 21.6. The molecule has 33 heteroatoms. The summed E-state index contributed by atoms with van der Waals surface area (Å²) in [5.41, 5.74) is -0.790. The molecular formula is C26H16F4N8O16S5. The first-order valence-electron chi connectivity index (χ1n) is 14.4. The molecular weight excluding hydrogens is 917 g/mol. The number of nitrogens with one attached hydrogen (secondary N) is 1. The summed E-state index contributed by atoms with van der Waals surface area (Å²) >= 11 is 0. The highest BCUT2D eigenvalue weighted by Gasteiger charge is 2.34. The van der Waals surface area contributed by atoms with Crippen LogP contribution in [0.15, 0.2) is 87.4 Å². The second kappa shape index (κ2) is 15.0. The minimum absolute atomic E-state index is 0.229. The van der Waals surface area contributed by atoms with Crippen LogP contribution in [0.1, 0.15) is 0 Å². The lowest BCUT2D eigenvalue weighted by Gasteiger charge is -2.14. The summed E-state index contributed by atoms with van der Waals surface area (Å²) in [6, 6.07) is 3.27. The number of nitrogen functional groups attached to an aromatic ring is 1. The number of nitrogens with zero attached hydrogens (tertiary/aromatic N) is 6. The quantitative estimate of drug-likeness (QED) is 0.0229. The number of aromatic hydroxyl groups is 1. The molecule has 1 aromatic heterocycles. The number of phenolic OH excluding ortho intramolecular Hbond substituents is 1. The lowest BCUT2D eigenvalue weighted by molar-refractivity contribution is 0.442. The van der Waals surface area contributed by atoms with E-state index in [1.807, 2.05) is 0 Å². The lowest BCUT2D eigenvalue weighted by atomic mass is 10.1. The van der Waals surface area contributed by atoms with Crippen LogP contribution in [0.5, 0.6) is 5.75 Å². The summed E-state index contributed by atoms with van der Waals surface area (Å²) in [5, 5.41) is 25.0. The first kappa shape index (κ1) is 44.2. The third-order valence-corrected chi connectivity index (χ3v) is 11.6. The van der Waals surface area contributed by atoms with Crippen LogP contribution in [0.4, 0.5) is 57.5 Å². The van der Waals surface area contributed by atoms with Gasteiger partial charge < -0.3 is 16.2 Å². The van der Waals surface area contributed by atoms with Crippen molar-refractivity contribution in [2.75, 3.05) is 11.1 Å². The number of benzene rings is 4. The van der Waals surface area contributed by atoms with E-state index in [4.69, 9.17) is 10.3 Å². The standard InChI is InChI=1S/C26H16F4N8O16S5/c27-10-6-12(25(59(52,53)54)19(29)24(10)58(49,50)51)36-37-21-14(56(43,44)45)3-8-4-15(57(46,47)48)22(23(39)18(8)20(21)31)38-35-11-5-9(1-2-13(11)55(40,41)42)32-17-7-16(28)33-26(30)34-17/h1-7,39H,31H2,(H,32,33,34)(H,40,41,42)(H,43,44,45)(H,46,47,48)(H,49,50,51)(H,52,53,54). The van der Waals surface area contributed by atoms with Crippen molar-refractivity contribution in [2.24, 2.45) is 20.5 Å². The van der Waals surface area contributed by atoms with Gasteiger partial charge >= 0.3 is 6.08 Å². The molecule has 0 amide bonds. The second-order valence-corrected chi connectivity index (χ2v) is 18.0. The molecule has 1 heterocycles. The van der Waals surface area contributed by atoms with Crippen LogP contribution in [0.25, 0.3) is 10.8 Å². The van der Waals surface area contributed by atoms with Crippen LogP contribution in [0, 0.1) is 23.7 Å². The molecule has 0 atom stereocenters. The van der Waals surface area contributed by atoms with Gasteiger partial charge in [-0.1, -0.05) is 0 Å². The topological polar surface area (TPSA) is 405 Å².